The van der Waals surface area contributed by atoms with Crippen LogP contribution in [0.25, 0.3) is 0 Å². The van der Waals surface area contributed by atoms with Gasteiger partial charge in [0.2, 0.25) is 23.6 Å². The highest BCUT2D eigenvalue weighted by molar-refractivity contribution is 5.92. The van der Waals surface area contributed by atoms with Crippen molar-refractivity contribution in [2.24, 2.45) is 10.7 Å². The van der Waals surface area contributed by atoms with Crippen LogP contribution in [0.15, 0.2) is 65.7 Å². The van der Waals surface area contributed by atoms with Gasteiger partial charge in [0.15, 0.2) is 5.96 Å². The molecule has 0 saturated heterocycles. The number of carbonyl (C=O) groups is 6. The highest BCUT2D eigenvalue weighted by atomic mass is 19.1. The normalized spacial score (nSPS) is 13.3. The molecule has 0 saturated carbocycles. The second-order valence-electron chi connectivity index (χ2n) is 16.5. The summed E-state index contributed by atoms with van der Waals surface area (Å²) in [6.45, 7) is 8.39. The number of phenols is 1. The number of aliphatic imine (C=N–C) groups is 1. The molecule has 4 rings (SSSR count). The average Bonchev–Trinajstić information content (AvgIpc) is 3.69. The van der Waals surface area contributed by atoms with E-state index in [1.807, 2.05) is 29.2 Å². The lowest BCUT2D eigenvalue weighted by Crippen LogP contribution is -2.50. The maximum absolute atomic E-state index is 14.6. The van der Waals surface area contributed by atoms with E-state index in [1.165, 1.54) is 0 Å². The number of hydrogen-bond donors (Lipinski definition) is 9. The van der Waals surface area contributed by atoms with E-state index in [-0.39, 0.29) is 69.8 Å². The first kappa shape index (κ1) is 52.6. The third-order valence-electron chi connectivity index (χ3n) is 10.0. The molecule has 10 N–H and O–H groups in total. The van der Waals surface area contributed by atoms with Crippen molar-refractivity contribution < 1.29 is 52.1 Å². The maximum atomic E-state index is 14.6. The molecule has 0 spiro atoms. The zero-order valence-electron chi connectivity index (χ0n) is 38.3. The SMILES string of the molecule is CCC(=O)NCCNC(=O)/N=C(/N)NCCC[C@@H](NC(=O)[C@H](c1ccc(OCCCNC(=O)CCNC(=O)OC(C)(C)C)cc1)N1Cc2ccccc2C1)C(=O)NCc1c(F)cc(O)cc1F. The molecule has 3 aromatic rings. The molecule has 21 heteroatoms. The van der Waals surface area contributed by atoms with Gasteiger partial charge in [-0.15, -0.1) is 0 Å². The Labute approximate surface area is 388 Å². The Balaban J connectivity index is 1.40. The number of fused-ring (bicyclic) bond motifs is 1. The van der Waals surface area contributed by atoms with Crippen molar-refractivity contribution in [2.45, 2.75) is 97.1 Å². The van der Waals surface area contributed by atoms with Crippen LogP contribution in [0.1, 0.15) is 88.1 Å². The monoisotopic (exact) mass is 936 g/mol. The zero-order chi connectivity index (χ0) is 48.9. The number of alkyl carbamates (subject to hydrolysis) is 1. The quantitative estimate of drug-likeness (QED) is 0.0377. The molecule has 0 bridgehead atoms. The number of hydrogen-bond acceptors (Lipinski definition) is 10. The van der Waals surface area contributed by atoms with Crippen molar-refractivity contribution in [3.63, 3.8) is 0 Å². The molecule has 0 aliphatic carbocycles. The van der Waals surface area contributed by atoms with Gasteiger partial charge >= 0.3 is 12.1 Å². The van der Waals surface area contributed by atoms with Crippen molar-refractivity contribution in [3.8, 4) is 11.5 Å². The van der Waals surface area contributed by atoms with Crippen molar-refractivity contribution in [2.75, 3.05) is 39.3 Å². The highest BCUT2D eigenvalue weighted by Gasteiger charge is 2.34. The van der Waals surface area contributed by atoms with Gasteiger partial charge in [-0.3, -0.25) is 24.1 Å². The smallest absolute Gasteiger partial charge is 0.407 e. The van der Waals surface area contributed by atoms with E-state index < -0.39 is 71.1 Å². The highest BCUT2D eigenvalue weighted by Crippen LogP contribution is 2.33. The van der Waals surface area contributed by atoms with Gasteiger partial charge in [-0.25, -0.2) is 18.4 Å². The summed E-state index contributed by atoms with van der Waals surface area (Å²) >= 11 is 0. The number of nitrogens with zero attached hydrogens (tertiary/aromatic N) is 2. The lowest BCUT2D eigenvalue weighted by atomic mass is 10.0. The minimum Gasteiger partial charge on any atom is -0.508 e. The van der Waals surface area contributed by atoms with Crippen molar-refractivity contribution >= 4 is 41.7 Å². The molecule has 1 aliphatic rings. The molecule has 1 aliphatic heterocycles. The minimum absolute atomic E-state index is 0.0187. The number of nitrogens with two attached hydrogens (primary N) is 1. The summed E-state index contributed by atoms with van der Waals surface area (Å²) in [5.74, 6) is -4.14. The minimum atomic E-state index is -1.21. The fourth-order valence-electron chi connectivity index (χ4n) is 6.77. The van der Waals surface area contributed by atoms with E-state index in [0.29, 0.717) is 43.8 Å². The number of phenolic OH excluding ortho intramolecular Hbond substituents is 1. The number of urea groups is 1. The Morgan fingerprint density at radius 1 is 0.791 bits per heavy atom. The van der Waals surface area contributed by atoms with Gasteiger partial charge in [0.1, 0.15) is 40.8 Å². The number of aromatic hydroxyl groups is 1. The molecule has 364 valence electrons. The molecule has 0 radical (unpaired) electrons. The largest absolute Gasteiger partial charge is 0.508 e. The van der Waals surface area contributed by atoms with Crippen LogP contribution in [0, 0.1) is 11.6 Å². The molecule has 3 aromatic carbocycles. The van der Waals surface area contributed by atoms with Gasteiger partial charge in [-0.2, -0.15) is 4.99 Å². The van der Waals surface area contributed by atoms with Crippen LogP contribution in [0.5, 0.6) is 11.5 Å². The third kappa shape index (κ3) is 18.4. The molecule has 0 unspecified atom stereocenters. The summed E-state index contributed by atoms with van der Waals surface area (Å²) in [6.07, 6.45) is 0.504. The van der Waals surface area contributed by atoms with Gasteiger partial charge in [0, 0.05) is 82.9 Å². The Kier molecular flexibility index (Phi) is 20.6. The second kappa shape index (κ2) is 26.2. The first-order valence-corrected chi connectivity index (χ1v) is 22.1. The number of carbonyl (C=O) groups excluding carboxylic acids is 6. The molecule has 19 nitrogen and oxygen atoms in total. The van der Waals surface area contributed by atoms with Crippen molar-refractivity contribution in [3.05, 3.63) is 94.6 Å². The van der Waals surface area contributed by atoms with Crippen LogP contribution >= 0.6 is 0 Å². The summed E-state index contributed by atoms with van der Waals surface area (Å²) in [6, 6.07) is 13.3. The third-order valence-corrected chi connectivity index (χ3v) is 10.0. The van der Waals surface area contributed by atoms with E-state index >= 15 is 0 Å². The standard InChI is InChI=1S/C46H62F2N10O9/c1-5-38(60)51-21-22-53-44(64)57-43(49)52-18-8-12-37(41(62)55-26-34-35(47)24-32(59)25-36(34)48)56-42(63)40(58-27-30-10-6-7-11-31(30)28-58)29-13-15-33(16-14-29)66-23-9-19-50-39(61)17-20-54-45(65)67-46(2,3)4/h6-7,10-11,13-16,24-25,37,40,59H,5,8-9,12,17-23,26-28H2,1-4H3,(H,50,61)(H,51,60)(H,54,65)(H,55,62)(H,56,63)(H4,49,52,53,57,64)/t37-,40+/m1/s1. The van der Waals surface area contributed by atoms with Gasteiger partial charge in [0.05, 0.1) is 6.61 Å². The van der Waals surface area contributed by atoms with E-state index in [2.05, 4.69) is 42.2 Å². The number of amides is 7. The summed E-state index contributed by atoms with van der Waals surface area (Å²) in [4.78, 5) is 81.5. The molecule has 67 heavy (non-hydrogen) atoms. The van der Waals surface area contributed by atoms with Gasteiger partial charge < -0.3 is 57.5 Å². The topological polar surface area (TPSA) is 267 Å². The van der Waals surface area contributed by atoms with Crippen molar-refractivity contribution in [1.82, 2.24) is 42.1 Å². The van der Waals surface area contributed by atoms with Crippen LogP contribution in [0.4, 0.5) is 18.4 Å². The fraction of sp³-hybridized carbons (Fsp3) is 0.457. The first-order valence-electron chi connectivity index (χ1n) is 22.1. The summed E-state index contributed by atoms with van der Waals surface area (Å²) in [5.41, 5.74) is 7.41. The molecular weight excluding hydrogens is 875 g/mol. The van der Waals surface area contributed by atoms with E-state index in [9.17, 15) is 42.7 Å². The van der Waals surface area contributed by atoms with Crippen LogP contribution in [0.2, 0.25) is 0 Å². The Morgan fingerprint density at radius 3 is 2.06 bits per heavy atom. The lowest BCUT2D eigenvalue weighted by molar-refractivity contribution is -0.132. The second-order valence-corrected chi connectivity index (χ2v) is 16.5. The number of rotatable bonds is 23. The lowest BCUT2D eigenvalue weighted by Gasteiger charge is -2.29. The summed E-state index contributed by atoms with van der Waals surface area (Å²) in [7, 11) is 0. The number of halogens is 2. The van der Waals surface area contributed by atoms with Crippen LogP contribution in [0.3, 0.4) is 0 Å². The molecule has 7 amide bonds. The number of ether oxygens (including phenoxy) is 2. The maximum Gasteiger partial charge on any atom is 0.407 e. The van der Waals surface area contributed by atoms with Gasteiger partial charge in [0.25, 0.3) is 0 Å². The Morgan fingerprint density at radius 2 is 1.42 bits per heavy atom. The van der Waals surface area contributed by atoms with Gasteiger partial charge in [-0.05, 0) is 68.9 Å². The Hall–Kier alpha value is -7.03. The first-order chi connectivity index (χ1) is 31.9. The number of guanidine groups is 1. The van der Waals surface area contributed by atoms with Crippen LogP contribution in [-0.4, -0.2) is 103 Å². The molecule has 0 fully saturated rings. The fourth-order valence-corrected chi connectivity index (χ4v) is 6.77. The molecule has 0 aromatic heterocycles. The average molecular weight is 937 g/mol. The van der Waals surface area contributed by atoms with Crippen LogP contribution in [-0.2, 0) is 43.5 Å². The molecule has 2 atom stereocenters. The molecular formula is C46H62F2N10O9. The van der Waals surface area contributed by atoms with Crippen molar-refractivity contribution in [1.29, 1.82) is 0 Å². The number of benzene rings is 3. The number of nitrogens with one attached hydrogen (secondary N) is 7. The summed E-state index contributed by atoms with van der Waals surface area (Å²) < 4.78 is 40.3. The predicted octanol–water partition coefficient (Wildman–Crippen LogP) is 3.25. The van der Waals surface area contributed by atoms with Gasteiger partial charge in [-0.1, -0.05) is 43.3 Å². The van der Waals surface area contributed by atoms with E-state index in [0.717, 1.165) is 23.3 Å². The van der Waals surface area contributed by atoms with Crippen LogP contribution < -0.4 is 47.7 Å². The predicted molar refractivity (Wildman–Crippen MR) is 244 cm³/mol. The Bertz CT molecular complexity index is 2160. The van der Waals surface area contributed by atoms with E-state index in [4.69, 9.17) is 15.2 Å². The molecule has 1 heterocycles. The van der Waals surface area contributed by atoms with E-state index in [1.54, 1.807) is 52.0 Å². The summed E-state index contributed by atoms with van der Waals surface area (Å²) in [5, 5.41) is 28.2. The zero-order valence-corrected chi connectivity index (χ0v) is 38.3.